The van der Waals surface area contributed by atoms with Crippen molar-refractivity contribution >= 4 is 0 Å². The summed E-state index contributed by atoms with van der Waals surface area (Å²) in [5.74, 6) is 0. The molecule has 1 heteroatoms. The fourth-order valence-electron chi connectivity index (χ4n) is 2.14. The zero-order valence-electron chi connectivity index (χ0n) is 12.9. The Labute approximate surface area is 116 Å². The van der Waals surface area contributed by atoms with Crippen molar-refractivity contribution in [3.05, 3.63) is 6.61 Å². The van der Waals surface area contributed by atoms with Crippen LogP contribution in [0.25, 0.3) is 0 Å². The van der Waals surface area contributed by atoms with Crippen molar-refractivity contribution in [2.24, 2.45) is 0 Å². The summed E-state index contributed by atoms with van der Waals surface area (Å²) in [5.41, 5.74) is 0. The van der Waals surface area contributed by atoms with Gasteiger partial charge < -0.3 is 4.74 Å². The normalized spacial score (nSPS) is 11.0. The fraction of sp³-hybridized carbons (Fsp3) is 0.941. The van der Waals surface area contributed by atoms with Gasteiger partial charge in [0.15, 0.2) is 0 Å². The Hall–Kier alpha value is -0.0400. The third kappa shape index (κ3) is 16.0. The summed E-state index contributed by atoms with van der Waals surface area (Å²) < 4.78 is 5.48. The molecule has 0 aromatic carbocycles. The standard InChI is InChI=1S/C17H35O/c1-3-5-7-8-9-10-11-12-13-15-17-18-16-14-6-4-2/h17H,3-16H2,1-2H3. The first-order chi connectivity index (χ1) is 8.91. The average Bonchev–Trinajstić information content (AvgIpc) is 2.39. The lowest BCUT2D eigenvalue weighted by atomic mass is 10.1. The minimum absolute atomic E-state index is 0.922. The molecule has 0 amide bonds. The average molecular weight is 255 g/mol. The summed E-state index contributed by atoms with van der Waals surface area (Å²) in [4.78, 5) is 0. The van der Waals surface area contributed by atoms with Gasteiger partial charge in [-0.05, 0) is 12.8 Å². The molecule has 0 atom stereocenters. The predicted octanol–water partition coefficient (Wildman–Crippen LogP) is 6.28. The van der Waals surface area contributed by atoms with Crippen molar-refractivity contribution < 1.29 is 4.74 Å². The molecule has 0 saturated heterocycles. The lowest BCUT2D eigenvalue weighted by Gasteiger charge is -2.03. The second kappa shape index (κ2) is 17.0. The van der Waals surface area contributed by atoms with Crippen LogP contribution in [0, 0.1) is 6.61 Å². The van der Waals surface area contributed by atoms with E-state index in [9.17, 15) is 0 Å². The van der Waals surface area contributed by atoms with Crippen LogP contribution >= 0.6 is 0 Å². The van der Waals surface area contributed by atoms with Gasteiger partial charge in [-0.1, -0.05) is 84.5 Å². The molecular weight excluding hydrogens is 220 g/mol. The van der Waals surface area contributed by atoms with E-state index in [0.717, 1.165) is 13.0 Å². The van der Waals surface area contributed by atoms with Gasteiger partial charge in [-0.3, -0.25) is 0 Å². The minimum atomic E-state index is 0.922. The Kier molecular flexibility index (Phi) is 16.9. The molecule has 0 aliphatic heterocycles. The van der Waals surface area contributed by atoms with Crippen LogP contribution in [0.2, 0.25) is 0 Å². The van der Waals surface area contributed by atoms with Crippen molar-refractivity contribution in [3.8, 4) is 0 Å². The second-order valence-electron chi connectivity index (χ2n) is 5.36. The molecule has 0 unspecified atom stereocenters. The van der Waals surface area contributed by atoms with Crippen LogP contribution in [-0.2, 0) is 4.74 Å². The number of hydrogen-bond donors (Lipinski definition) is 0. The summed E-state index contributed by atoms with van der Waals surface area (Å²) in [6.45, 7) is 7.45. The van der Waals surface area contributed by atoms with Gasteiger partial charge in [-0.25, -0.2) is 0 Å². The molecule has 0 aromatic heterocycles. The fourth-order valence-corrected chi connectivity index (χ4v) is 2.14. The maximum absolute atomic E-state index is 5.48. The molecule has 0 N–H and O–H groups in total. The van der Waals surface area contributed by atoms with Gasteiger partial charge in [0.25, 0.3) is 0 Å². The Balaban J connectivity index is 2.86. The van der Waals surface area contributed by atoms with Crippen molar-refractivity contribution in [1.29, 1.82) is 0 Å². The van der Waals surface area contributed by atoms with Crippen molar-refractivity contribution in [1.82, 2.24) is 0 Å². The van der Waals surface area contributed by atoms with E-state index in [1.54, 1.807) is 0 Å². The molecule has 0 heterocycles. The van der Waals surface area contributed by atoms with Crippen LogP contribution in [0.15, 0.2) is 0 Å². The Morgan fingerprint density at radius 3 is 1.72 bits per heavy atom. The Morgan fingerprint density at radius 1 is 0.611 bits per heavy atom. The zero-order valence-corrected chi connectivity index (χ0v) is 12.9. The highest BCUT2D eigenvalue weighted by Gasteiger charge is 1.93. The van der Waals surface area contributed by atoms with Gasteiger partial charge in [0.1, 0.15) is 0 Å². The molecule has 1 radical (unpaired) electrons. The molecule has 0 aromatic rings. The number of unbranched alkanes of at least 4 members (excludes halogenated alkanes) is 11. The third-order valence-corrected chi connectivity index (χ3v) is 3.41. The quantitative estimate of drug-likeness (QED) is 0.313. The van der Waals surface area contributed by atoms with Gasteiger partial charge in [0, 0.05) is 6.61 Å². The zero-order chi connectivity index (χ0) is 13.3. The number of rotatable bonds is 15. The molecule has 0 saturated carbocycles. The molecule has 0 aliphatic carbocycles. The Morgan fingerprint density at radius 2 is 1.11 bits per heavy atom. The van der Waals surface area contributed by atoms with Crippen LogP contribution in [0.3, 0.4) is 0 Å². The van der Waals surface area contributed by atoms with Crippen molar-refractivity contribution in [2.45, 2.75) is 97.3 Å². The van der Waals surface area contributed by atoms with E-state index < -0.39 is 0 Å². The molecule has 109 valence electrons. The van der Waals surface area contributed by atoms with E-state index in [-0.39, 0.29) is 0 Å². The summed E-state index contributed by atoms with van der Waals surface area (Å²) in [5, 5.41) is 0. The molecule has 1 nitrogen and oxygen atoms in total. The molecule has 0 fully saturated rings. The lowest BCUT2D eigenvalue weighted by molar-refractivity contribution is 0.184. The smallest absolute Gasteiger partial charge is 0.0836 e. The van der Waals surface area contributed by atoms with Gasteiger partial charge in [-0.15, -0.1) is 0 Å². The maximum Gasteiger partial charge on any atom is 0.0836 e. The SMILES string of the molecule is CCCCCCCCCCC[CH]OCCCCC. The highest BCUT2D eigenvalue weighted by atomic mass is 16.5. The number of ether oxygens (including phenoxy) is 1. The summed E-state index contributed by atoms with van der Waals surface area (Å²) in [6, 6.07) is 0. The highest BCUT2D eigenvalue weighted by Crippen LogP contribution is 2.11. The van der Waals surface area contributed by atoms with E-state index in [1.165, 1.54) is 77.0 Å². The van der Waals surface area contributed by atoms with Crippen LogP contribution in [-0.4, -0.2) is 6.61 Å². The summed E-state index contributed by atoms with van der Waals surface area (Å²) in [6.07, 6.45) is 17.6. The van der Waals surface area contributed by atoms with Crippen molar-refractivity contribution in [3.63, 3.8) is 0 Å². The van der Waals surface area contributed by atoms with Crippen LogP contribution < -0.4 is 0 Å². The monoisotopic (exact) mass is 255 g/mol. The summed E-state index contributed by atoms with van der Waals surface area (Å²) >= 11 is 0. The van der Waals surface area contributed by atoms with E-state index in [2.05, 4.69) is 13.8 Å². The largest absolute Gasteiger partial charge is 0.376 e. The Bertz CT molecular complexity index is 118. The minimum Gasteiger partial charge on any atom is -0.376 e. The third-order valence-electron chi connectivity index (χ3n) is 3.41. The van der Waals surface area contributed by atoms with Gasteiger partial charge in [-0.2, -0.15) is 0 Å². The van der Waals surface area contributed by atoms with E-state index >= 15 is 0 Å². The molecule has 0 spiro atoms. The summed E-state index contributed by atoms with van der Waals surface area (Å²) in [7, 11) is 0. The molecule has 0 aliphatic rings. The van der Waals surface area contributed by atoms with Crippen LogP contribution in [0.4, 0.5) is 0 Å². The van der Waals surface area contributed by atoms with E-state index in [4.69, 9.17) is 4.74 Å². The van der Waals surface area contributed by atoms with Crippen LogP contribution in [0.5, 0.6) is 0 Å². The lowest BCUT2D eigenvalue weighted by Crippen LogP contribution is -1.91. The number of hydrogen-bond acceptors (Lipinski definition) is 1. The first-order valence-corrected chi connectivity index (χ1v) is 8.35. The van der Waals surface area contributed by atoms with Gasteiger partial charge in [0.05, 0.1) is 6.61 Å². The van der Waals surface area contributed by atoms with Crippen molar-refractivity contribution in [2.75, 3.05) is 6.61 Å². The van der Waals surface area contributed by atoms with Gasteiger partial charge >= 0.3 is 0 Å². The first kappa shape index (κ1) is 18.0. The van der Waals surface area contributed by atoms with Crippen LogP contribution in [0.1, 0.15) is 97.3 Å². The maximum atomic E-state index is 5.48. The second-order valence-corrected chi connectivity index (χ2v) is 5.36. The van der Waals surface area contributed by atoms with Gasteiger partial charge in [0.2, 0.25) is 0 Å². The topological polar surface area (TPSA) is 9.23 Å². The molecule has 0 bridgehead atoms. The first-order valence-electron chi connectivity index (χ1n) is 8.35. The highest BCUT2D eigenvalue weighted by molar-refractivity contribution is 4.53. The molecular formula is C17H35O. The predicted molar refractivity (Wildman–Crippen MR) is 81.6 cm³/mol. The molecule has 18 heavy (non-hydrogen) atoms. The van der Waals surface area contributed by atoms with E-state index in [0.29, 0.717) is 0 Å². The van der Waals surface area contributed by atoms with E-state index in [1.807, 2.05) is 6.61 Å². The molecule has 0 rings (SSSR count).